The average Bonchev–Trinajstić information content (AvgIpc) is 3.10. The summed E-state index contributed by atoms with van der Waals surface area (Å²) in [5.41, 5.74) is -1.39. The van der Waals surface area contributed by atoms with Crippen LogP contribution in [-0.2, 0) is 25.5 Å². The van der Waals surface area contributed by atoms with Gasteiger partial charge in [-0.25, -0.2) is 4.79 Å². The Hall–Kier alpha value is -1.88. The highest BCUT2D eigenvalue weighted by atomic mass is 32.2. The molecule has 2 unspecified atom stereocenters. The van der Waals surface area contributed by atoms with Gasteiger partial charge in [0.2, 0.25) is 5.91 Å². The number of amides is 2. The number of ether oxygens (including phenoxy) is 1. The molecule has 2 aliphatic rings. The van der Waals surface area contributed by atoms with Crippen molar-refractivity contribution in [3.05, 3.63) is 33.4 Å². The first-order chi connectivity index (χ1) is 11.9. The molecule has 25 heavy (non-hydrogen) atoms. The summed E-state index contributed by atoms with van der Waals surface area (Å²) >= 11 is 2.56. The Bertz CT molecular complexity index is 734. The van der Waals surface area contributed by atoms with Crippen LogP contribution in [0, 0.1) is 0 Å². The number of nitrogens with zero attached hydrogens (tertiary/aromatic N) is 1. The molecule has 3 N–H and O–H groups in total. The van der Waals surface area contributed by atoms with E-state index in [1.165, 1.54) is 23.9 Å². The number of carboxylic acid groups (broad SMARTS) is 1. The lowest BCUT2D eigenvalue weighted by molar-refractivity contribution is -0.201. The number of hydrogen-bond donors (Lipinski definition) is 3. The number of rotatable bonds is 6. The Labute approximate surface area is 151 Å². The van der Waals surface area contributed by atoms with E-state index in [1.807, 2.05) is 17.5 Å². The van der Waals surface area contributed by atoms with Gasteiger partial charge >= 0.3 is 5.97 Å². The maximum absolute atomic E-state index is 12.7. The number of thioether (sulfide) groups is 1. The van der Waals surface area contributed by atoms with E-state index in [4.69, 9.17) is 4.74 Å². The average molecular weight is 384 g/mol. The molecule has 134 valence electrons. The van der Waals surface area contributed by atoms with Gasteiger partial charge in [0.05, 0.1) is 13.0 Å². The summed E-state index contributed by atoms with van der Waals surface area (Å²) in [7, 11) is 1.29. The number of methoxy groups -OCH3 is 1. The van der Waals surface area contributed by atoms with Crippen molar-refractivity contribution in [2.45, 2.75) is 23.6 Å². The second-order valence-corrected chi connectivity index (χ2v) is 7.52. The van der Waals surface area contributed by atoms with Gasteiger partial charge in [-0.3, -0.25) is 9.59 Å². The molecule has 8 nitrogen and oxygen atoms in total. The first-order valence-corrected chi connectivity index (χ1v) is 9.16. The van der Waals surface area contributed by atoms with Gasteiger partial charge in [-0.1, -0.05) is 6.07 Å². The lowest BCUT2D eigenvalue weighted by Gasteiger charge is -2.57. The summed E-state index contributed by atoms with van der Waals surface area (Å²) in [5, 5.41) is 24.0. The molecule has 1 aromatic heterocycles. The molecule has 2 aliphatic heterocycles. The van der Waals surface area contributed by atoms with Crippen LogP contribution in [0.1, 0.15) is 4.88 Å². The Kier molecular flexibility index (Phi) is 4.87. The molecule has 10 heteroatoms. The van der Waals surface area contributed by atoms with Gasteiger partial charge in [0.1, 0.15) is 5.37 Å². The van der Waals surface area contributed by atoms with E-state index in [0.29, 0.717) is 0 Å². The molecule has 1 saturated heterocycles. The largest absolute Gasteiger partial charge is 0.479 e. The first-order valence-electron chi connectivity index (χ1n) is 7.34. The molecule has 3 rings (SSSR count). The molecule has 0 spiro atoms. The molecule has 2 amide bonds. The lowest BCUT2D eigenvalue weighted by Crippen LogP contribution is -2.83. The number of β-lactam (4-membered cyclic amide) rings is 1. The van der Waals surface area contributed by atoms with E-state index in [0.717, 1.165) is 21.5 Å². The van der Waals surface area contributed by atoms with Crippen molar-refractivity contribution in [3.8, 4) is 0 Å². The molecule has 0 saturated carbocycles. The fourth-order valence-electron chi connectivity index (χ4n) is 2.92. The fourth-order valence-corrected chi connectivity index (χ4v) is 4.93. The summed E-state index contributed by atoms with van der Waals surface area (Å²) in [6.07, 6.45) is 0.105. The third-order valence-corrected chi connectivity index (χ3v) is 6.24. The number of carbonyl (C=O) groups excluding carboxylic acids is 2. The minimum Gasteiger partial charge on any atom is -0.479 e. The van der Waals surface area contributed by atoms with Crippen LogP contribution >= 0.6 is 23.1 Å². The molecular formula is C15H16N2O6S2. The van der Waals surface area contributed by atoms with E-state index in [1.54, 1.807) is 0 Å². The van der Waals surface area contributed by atoms with Crippen LogP contribution < -0.4 is 5.32 Å². The van der Waals surface area contributed by atoms with Crippen molar-refractivity contribution < 1.29 is 29.3 Å². The molecule has 1 aromatic rings. The smallest absolute Gasteiger partial charge is 0.330 e. The highest BCUT2D eigenvalue weighted by molar-refractivity contribution is 8.03. The molecule has 0 aliphatic carbocycles. The van der Waals surface area contributed by atoms with Crippen molar-refractivity contribution in [2.24, 2.45) is 0 Å². The van der Waals surface area contributed by atoms with E-state index >= 15 is 0 Å². The zero-order valence-corrected chi connectivity index (χ0v) is 14.8. The SMILES string of the molecule is COC1(NC(=O)Cc2cccs2)C(=O)N2C(C(=O)O)C(CO)=CS[C@@H]21. The number of nitrogens with one attached hydrogen (secondary N) is 1. The van der Waals surface area contributed by atoms with Crippen LogP contribution in [0.3, 0.4) is 0 Å². The summed E-state index contributed by atoms with van der Waals surface area (Å²) in [5.74, 6) is -2.27. The summed E-state index contributed by atoms with van der Waals surface area (Å²) in [4.78, 5) is 38.4. The van der Waals surface area contributed by atoms with E-state index in [2.05, 4.69) is 5.32 Å². The van der Waals surface area contributed by atoms with Crippen molar-refractivity contribution in [1.29, 1.82) is 0 Å². The van der Waals surface area contributed by atoms with Crippen LogP contribution in [0.2, 0.25) is 0 Å². The molecule has 0 radical (unpaired) electrons. The zero-order chi connectivity index (χ0) is 18.2. The molecule has 1 fully saturated rings. The van der Waals surface area contributed by atoms with Crippen LogP contribution in [0.5, 0.6) is 0 Å². The number of thiophene rings is 1. The standard InChI is InChI=1S/C15H16N2O6S2/c1-23-15(16-10(19)5-9-3-2-4-24-9)13(22)17-11(12(20)21)8(6-18)7-25-14(15)17/h2-4,7,11,14,18H,5-6H2,1H3,(H,16,19)(H,20,21)/t11?,14-,15?/m1/s1. The van der Waals surface area contributed by atoms with Crippen LogP contribution in [-0.4, -0.2) is 63.8 Å². The third kappa shape index (κ3) is 2.84. The Balaban J connectivity index is 1.81. The third-order valence-electron chi connectivity index (χ3n) is 4.11. The Morgan fingerprint density at radius 1 is 1.48 bits per heavy atom. The summed E-state index contributed by atoms with van der Waals surface area (Å²) in [6.45, 7) is -0.467. The van der Waals surface area contributed by atoms with Crippen LogP contribution in [0.25, 0.3) is 0 Å². The number of fused-ring (bicyclic) bond motifs is 1. The van der Waals surface area contributed by atoms with Gasteiger partial charge in [0.25, 0.3) is 11.6 Å². The normalized spacial score (nSPS) is 28.0. The van der Waals surface area contributed by atoms with E-state index < -0.39 is 35.6 Å². The lowest BCUT2D eigenvalue weighted by atomic mass is 9.94. The van der Waals surface area contributed by atoms with Gasteiger partial charge in [-0.15, -0.1) is 23.1 Å². The van der Waals surface area contributed by atoms with E-state index in [9.17, 15) is 24.6 Å². The number of aliphatic hydroxyl groups excluding tert-OH is 1. The molecule has 3 atom stereocenters. The van der Waals surface area contributed by atoms with Gasteiger partial charge in [-0.2, -0.15) is 0 Å². The van der Waals surface area contributed by atoms with Crippen LogP contribution in [0.4, 0.5) is 0 Å². The molecule has 3 heterocycles. The number of carbonyl (C=O) groups is 3. The van der Waals surface area contributed by atoms with Crippen molar-refractivity contribution >= 4 is 40.9 Å². The van der Waals surface area contributed by atoms with Gasteiger partial charge in [0, 0.05) is 12.0 Å². The quantitative estimate of drug-likeness (QED) is 0.467. The monoisotopic (exact) mass is 384 g/mol. The van der Waals surface area contributed by atoms with Gasteiger partial charge < -0.3 is 25.2 Å². The van der Waals surface area contributed by atoms with Gasteiger partial charge in [-0.05, 0) is 22.4 Å². The predicted octanol–water partition coefficient (Wildman–Crippen LogP) is -0.00600. The Morgan fingerprint density at radius 2 is 2.24 bits per heavy atom. The summed E-state index contributed by atoms with van der Waals surface area (Å²) in [6, 6.07) is 2.37. The second kappa shape index (κ2) is 6.79. The Morgan fingerprint density at radius 3 is 2.80 bits per heavy atom. The van der Waals surface area contributed by atoms with Crippen molar-refractivity contribution in [3.63, 3.8) is 0 Å². The summed E-state index contributed by atoms with van der Waals surface area (Å²) < 4.78 is 5.32. The number of aliphatic carboxylic acids is 1. The van der Waals surface area contributed by atoms with E-state index in [-0.39, 0.29) is 17.9 Å². The van der Waals surface area contributed by atoms with Crippen LogP contribution in [0.15, 0.2) is 28.5 Å². The fraction of sp³-hybridized carbons (Fsp3) is 0.400. The minimum atomic E-state index is -1.61. The minimum absolute atomic E-state index is 0.105. The highest BCUT2D eigenvalue weighted by Crippen LogP contribution is 2.46. The van der Waals surface area contributed by atoms with Crippen molar-refractivity contribution in [2.75, 3.05) is 13.7 Å². The number of hydrogen-bond acceptors (Lipinski definition) is 7. The highest BCUT2D eigenvalue weighted by Gasteiger charge is 2.67. The maximum atomic E-state index is 12.7. The van der Waals surface area contributed by atoms with Crippen molar-refractivity contribution in [1.82, 2.24) is 10.2 Å². The first kappa shape index (κ1) is 17.9. The molecule has 0 bridgehead atoms. The maximum Gasteiger partial charge on any atom is 0.330 e. The topological polar surface area (TPSA) is 116 Å². The second-order valence-electron chi connectivity index (χ2n) is 5.54. The zero-order valence-electron chi connectivity index (χ0n) is 13.2. The predicted molar refractivity (Wildman–Crippen MR) is 90.7 cm³/mol. The molecular weight excluding hydrogens is 368 g/mol. The number of aliphatic hydroxyl groups is 1. The van der Waals surface area contributed by atoms with Gasteiger partial charge in [0.15, 0.2) is 6.04 Å². The number of carboxylic acids is 1. The molecule has 0 aromatic carbocycles.